The van der Waals surface area contributed by atoms with Crippen molar-refractivity contribution in [2.24, 2.45) is 5.92 Å². The van der Waals surface area contributed by atoms with Crippen molar-refractivity contribution >= 4 is 39.1 Å². The van der Waals surface area contributed by atoms with E-state index in [-0.39, 0.29) is 0 Å². The largest absolute Gasteiger partial charge is 0.0887 e. The van der Waals surface area contributed by atoms with E-state index in [4.69, 9.17) is 23.2 Å². The van der Waals surface area contributed by atoms with Crippen LogP contribution in [0.5, 0.6) is 0 Å². The van der Waals surface area contributed by atoms with Gasteiger partial charge in [0.15, 0.2) is 0 Å². The molecule has 0 N–H and O–H groups in total. The van der Waals surface area contributed by atoms with E-state index in [2.05, 4.69) is 22.0 Å². The lowest BCUT2D eigenvalue weighted by Crippen LogP contribution is -2.17. The Kier molecular flexibility index (Phi) is 4.57. The molecule has 0 amide bonds. The molecule has 3 heteroatoms. The molecule has 0 nitrogen and oxygen atoms in total. The number of benzene rings is 1. The molecule has 1 aromatic rings. The Balaban J connectivity index is 1.89. The van der Waals surface area contributed by atoms with Crippen LogP contribution in [0.2, 0.25) is 10.0 Å². The molecule has 0 radical (unpaired) electrons. The van der Waals surface area contributed by atoms with Crippen molar-refractivity contribution < 1.29 is 0 Å². The Bertz CT molecular complexity index is 361. The van der Waals surface area contributed by atoms with Crippen molar-refractivity contribution in [3.63, 3.8) is 0 Å². The van der Waals surface area contributed by atoms with Crippen molar-refractivity contribution in [3.8, 4) is 0 Å². The van der Waals surface area contributed by atoms with E-state index in [1.807, 2.05) is 12.1 Å². The molecule has 1 aliphatic carbocycles. The summed E-state index contributed by atoms with van der Waals surface area (Å²) >= 11 is 15.6. The predicted octanol–water partition coefficient (Wildman–Crippen LogP) is 5.49. The summed E-state index contributed by atoms with van der Waals surface area (Å²) in [4.78, 5) is 0.565. The van der Waals surface area contributed by atoms with Crippen LogP contribution < -0.4 is 0 Å². The standard InChI is InChI=1S/C13H15BrCl2/c14-11(6-9-2-1-3-9)7-10-4-5-12(15)13(16)8-10/h4-5,8-9,11H,1-3,6-7H2. The van der Waals surface area contributed by atoms with E-state index >= 15 is 0 Å². The molecule has 1 unspecified atom stereocenters. The lowest BCUT2D eigenvalue weighted by Gasteiger charge is -2.27. The fraction of sp³-hybridized carbons (Fsp3) is 0.538. The topological polar surface area (TPSA) is 0 Å². The SMILES string of the molecule is Clc1ccc(CC(Br)CC2CCC2)cc1Cl. The first-order chi connectivity index (χ1) is 7.65. The highest BCUT2D eigenvalue weighted by Crippen LogP contribution is 2.33. The van der Waals surface area contributed by atoms with E-state index in [0.717, 1.165) is 12.3 Å². The Morgan fingerprint density at radius 3 is 2.56 bits per heavy atom. The molecule has 0 aliphatic heterocycles. The van der Waals surface area contributed by atoms with Crippen LogP contribution >= 0.6 is 39.1 Å². The van der Waals surface area contributed by atoms with E-state index in [1.165, 1.54) is 31.2 Å². The summed E-state index contributed by atoms with van der Waals surface area (Å²) in [6, 6.07) is 5.91. The molecule has 1 aliphatic rings. The second kappa shape index (κ2) is 5.75. The van der Waals surface area contributed by atoms with E-state index in [0.29, 0.717) is 14.9 Å². The fourth-order valence-electron chi connectivity index (χ4n) is 2.10. The third-order valence-electron chi connectivity index (χ3n) is 3.26. The first-order valence-corrected chi connectivity index (χ1v) is 7.40. The second-order valence-corrected chi connectivity index (χ2v) is 6.69. The minimum absolute atomic E-state index is 0.565. The molecule has 1 saturated carbocycles. The number of halogens is 3. The van der Waals surface area contributed by atoms with Gasteiger partial charge in [-0.25, -0.2) is 0 Å². The highest BCUT2D eigenvalue weighted by molar-refractivity contribution is 9.09. The summed E-state index contributed by atoms with van der Waals surface area (Å²) in [5.41, 5.74) is 1.26. The smallest absolute Gasteiger partial charge is 0.0595 e. The van der Waals surface area contributed by atoms with Gasteiger partial charge in [-0.05, 0) is 36.5 Å². The number of rotatable bonds is 4. The van der Waals surface area contributed by atoms with Crippen molar-refractivity contribution in [1.29, 1.82) is 0 Å². The summed E-state index contributed by atoms with van der Waals surface area (Å²) in [5.74, 6) is 0.937. The summed E-state index contributed by atoms with van der Waals surface area (Å²) in [6.45, 7) is 0. The molecule has 0 spiro atoms. The van der Waals surface area contributed by atoms with Crippen molar-refractivity contribution in [1.82, 2.24) is 0 Å². The first-order valence-electron chi connectivity index (χ1n) is 5.73. The van der Waals surface area contributed by atoms with E-state index in [1.54, 1.807) is 0 Å². The zero-order chi connectivity index (χ0) is 11.5. The third kappa shape index (κ3) is 3.38. The maximum absolute atomic E-state index is 5.99. The molecule has 1 aromatic carbocycles. The molecule has 0 saturated heterocycles. The van der Waals surface area contributed by atoms with E-state index < -0.39 is 0 Å². The molecule has 16 heavy (non-hydrogen) atoms. The van der Waals surface area contributed by atoms with Gasteiger partial charge in [0.1, 0.15) is 0 Å². The molecule has 1 fully saturated rings. The van der Waals surface area contributed by atoms with Crippen LogP contribution in [0.15, 0.2) is 18.2 Å². The molecule has 0 heterocycles. The lowest BCUT2D eigenvalue weighted by molar-refractivity contribution is 0.294. The van der Waals surface area contributed by atoms with Gasteiger partial charge in [-0.1, -0.05) is 64.5 Å². The third-order valence-corrected chi connectivity index (χ3v) is 4.69. The maximum Gasteiger partial charge on any atom is 0.0595 e. The van der Waals surface area contributed by atoms with Gasteiger partial charge in [-0.2, -0.15) is 0 Å². The Labute approximate surface area is 115 Å². The molecule has 1 atom stereocenters. The van der Waals surface area contributed by atoms with Gasteiger partial charge >= 0.3 is 0 Å². The van der Waals surface area contributed by atoms with Crippen LogP contribution in [-0.2, 0) is 6.42 Å². The van der Waals surface area contributed by atoms with Crippen molar-refractivity contribution in [2.45, 2.75) is 36.9 Å². The lowest BCUT2D eigenvalue weighted by atomic mass is 9.81. The summed E-state index contributed by atoms with van der Waals surface area (Å²) in [7, 11) is 0. The normalized spacial score (nSPS) is 18.2. The second-order valence-electron chi connectivity index (χ2n) is 4.58. The summed E-state index contributed by atoms with van der Waals surface area (Å²) < 4.78 is 0. The molecule has 0 bridgehead atoms. The average molecular weight is 322 g/mol. The van der Waals surface area contributed by atoms with Crippen molar-refractivity contribution in [3.05, 3.63) is 33.8 Å². The molecule has 88 valence electrons. The quantitative estimate of drug-likeness (QED) is 0.643. The Hall–Kier alpha value is 0.280. The summed E-state index contributed by atoms with van der Waals surface area (Å²) in [6.07, 6.45) is 6.54. The van der Waals surface area contributed by atoms with Crippen LogP contribution in [0, 0.1) is 5.92 Å². The molecule has 2 rings (SSSR count). The molecular weight excluding hydrogens is 307 g/mol. The minimum atomic E-state index is 0.565. The summed E-state index contributed by atoms with van der Waals surface area (Å²) in [5, 5.41) is 1.29. The van der Waals surface area contributed by atoms with Crippen LogP contribution in [0.1, 0.15) is 31.2 Å². The Morgan fingerprint density at radius 1 is 1.25 bits per heavy atom. The first kappa shape index (κ1) is 12.7. The number of alkyl halides is 1. The van der Waals surface area contributed by atoms with Gasteiger partial charge in [0.05, 0.1) is 10.0 Å². The maximum atomic E-state index is 5.99. The van der Waals surface area contributed by atoms with Crippen molar-refractivity contribution in [2.75, 3.05) is 0 Å². The number of hydrogen-bond acceptors (Lipinski definition) is 0. The predicted molar refractivity (Wildman–Crippen MR) is 74.8 cm³/mol. The molecule has 0 aromatic heterocycles. The molecular formula is C13H15BrCl2. The van der Waals surface area contributed by atoms with Gasteiger partial charge < -0.3 is 0 Å². The van der Waals surface area contributed by atoms with Gasteiger partial charge in [0.25, 0.3) is 0 Å². The highest BCUT2D eigenvalue weighted by Gasteiger charge is 2.20. The number of hydrogen-bond donors (Lipinski definition) is 0. The fourth-order valence-corrected chi connectivity index (χ4v) is 3.32. The van der Waals surface area contributed by atoms with Gasteiger partial charge in [0, 0.05) is 4.83 Å². The zero-order valence-electron chi connectivity index (χ0n) is 9.06. The zero-order valence-corrected chi connectivity index (χ0v) is 12.2. The Morgan fingerprint density at radius 2 is 2.00 bits per heavy atom. The van der Waals surface area contributed by atoms with E-state index in [9.17, 15) is 0 Å². The van der Waals surface area contributed by atoms with Crippen LogP contribution in [0.3, 0.4) is 0 Å². The average Bonchev–Trinajstić information content (AvgIpc) is 2.18. The van der Waals surface area contributed by atoms with Crippen LogP contribution in [0.4, 0.5) is 0 Å². The minimum Gasteiger partial charge on any atom is -0.0887 e. The van der Waals surface area contributed by atoms with Gasteiger partial charge in [-0.3, -0.25) is 0 Å². The van der Waals surface area contributed by atoms with Gasteiger partial charge in [0.2, 0.25) is 0 Å². The van der Waals surface area contributed by atoms with Crippen LogP contribution in [-0.4, -0.2) is 4.83 Å². The monoisotopic (exact) mass is 320 g/mol. The van der Waals surface area contributed by atoms with Gasteiger partial charge in [-0.15, -0.1) is 0 Å². The highest BCUT2D eigenvalue weighted by atomic mass is 79.9. The van der Waals surface area contributed by atoms with Crippen LogP contribution in [0.25, 0.3) is 0 Å².